The lowest BCUT2D eigenvalue weighted by atomic mass is 10.1. The largest absolute Gasteiger partial charge is 0.268 e. The first-order valence-electron chi connectivity index (χ1n) is 5.36. The molecule has 8 heteroatoms. The van der Waals surface area contributed by atoms with Crippen molar-refractivity contribution in [2.45, 2.75) is 0 Å². The van der Waals surface area contributed by atoms with Gasteiger partial charge in [-0.1, -0.05) is 0 Å². The van der Waals surface area contributed by atoms with Gasteiger partial charge in [-0.05, 0) is 12.1 Å². The van der Waals surface area contributed by atoms with E-state index in [2.05, 4.69) is 10.2 Å². The summed E-state index contributed by atoms with van der Waals surface area (Å²) < 4.78 is 26.3. The van der Waals surface area contributed by atoms with Crippen molar-refractivity contribution in [2.75, 3.05) is 4.90 Å². The minimum atomic E-state index is -1.23. The number of H-pyrrole nitrogens is 1. The molecule has 0 fully saturated rings. The topological polar surface area (TPSA) is 89.8 Å². The van der Waals surface area contributed by atoms with E-state index in [4.69, 9.17) is 5.26 Å². The van der Waals surface area contributed by atoms with Gasteiger partial charge in [0.25, 0.3) is 11.8 Å². The number of imide groups is 1. The molecule has 0 radical (unpaired) electrons. The number of halogens is 2. The predicted octanol–water partition coefficient (Wildman–Crippen LogP) is 1.36. The maximum absolute atomic E-state index is 13.2. The number of carbonyl (C=O) groups excluding carboxylic acids is 2. The van der Waals surface area contributed by atoms with Gasteiger partial charge >= 0.3 is 0 Å². The Kier molecular flexibility index (Phi) is 2.37. The zero-order chi connectivity index (χ0) is 14.4. The number of fused-ring (bicyclic) bond motifs is 1. The lowest BCUT2D eigenvalue weighted by Crippen LogP contribution is -2.30. The number of aromatic nitrogens is 2. The summed E-state index contributed by atoms with van der Waals surface area (Å²) in [6.07, 6.45) is 1.14. The van der Waals surface area contributed by atoms with Crippen LogP contribution in [0.1, 0.15) is 26.3 Å². The fourth-order valence-corrected chi connectivity index (χ4v) is 1.97. The molecule has 20 heavy (non-hydrogen) atoms. The van der Waals surface area contributed by atoms with Crippen molar-refractivity contribution in [3.63, 3.8) is 0 Å². The predicted molar refractivity (Wildman–Crippen MR) is 60.8 cm³/mol. The standard InChI is InChI=1S/C12H4F2N4O2/c13-8-1-6-7(2-9(8)14)12(20)18(11(6)19)10-5(3-15)4-16-17-10/h1-2,4H,(H,16,17). The van der Waals surface area contributed by atoms with E-state index < -0.39 is 23.4 Å². The Bertz CT molecular complexity index is 765. The van der Waals surface area contributed by atoms with E-state index in [1.54, 1.807) is 6.07 Å². The van der Waals surface area contributed by atoms with E-state index in [1.165, 1.54) is 0 Å². The van der Waals surface area contributed by atoms with E-state index in [0.29, 0.717) is 17.0 Å². The van der Waals surface area contributed by atoms with Crippen LogP contribution in [-0.4, -0.2) is 22.0 Å². The third-order valence-corrected chi connectivity index (χ3v) is 2.89. The molecule has 2 aromatic rings. The average molecular weight is 274 g/mol. The minimum Gasteiger partial charge on any atom is -0.268 e. The van der Waals surface area contributed by atoms with Gasteiger partial charge < -0.3 is 0 Å². The Morgan fingerprint density at radius 2 is 1.70 bits per heavy atom. The molecule has 1 aromatic heterocycles. The number of hydrogen-bond donors (Lipinski definition) is 1. The van der Waals surface area contributed by atoms with Crippen molar-refractivity contribution in [3.05, 3.63) is 46.7 Å². The number of nitrogens with one attached hydrogen (secondary N) is 1. The summed E-state index contributed by atoms with van der Waals surface area (Å²) in [5.41, 5.74) is -0.541. The van der Waals surface area contributed by atoms with E-state index in [0.717, 1.165) is 6.20 Å². The number of anilines is 1. The monoisotopic (exact) mass is 274 g/mol. The van der Waals surface area contributed by atoms with Crippen LogP contribution < -0.4 is 4.90 Å². The molecule has 0 bridgehead atoms. The first-order chi connectivity index (χ1) is 9.54. The van der Waals surface area contributed by atoms with Crippen molar-refractivity contribution in [2.24, 2.45) is 0 Å². The molecule has 1 N–H and O–H groups in total. The molecule has 0 spiro atoms. The summed E-state index contributed by atoms with van der Waals surface area (Å²) in [4.78, 5) is 24.8. The first-order valence-corrected chi connectivity index (χ1v) is 5.36. The fraction of sp³-hybridized carbons (Fsp3) is 0. The molecule has 0 atom stereocenters. The van der Waals surface area contributed by atoms with Gasteiger partial charge in [-0.15, -0.1) is 0 Å². The zero-order valence-electron chi connectivity index (χ0n) is 9.65. The minimum absolute atomic E-state index is 0.0274. The molecule has 1 aliphatic rings. The molecule has 98 valence electrons. The number of aromatic amines is 1. The third-order valence-electron chi connectivity index (χ3n) is 2.89. The SMILES string of the molecule is N#Cc1cn[nH]c1N1C(=O)c2cc(F)c(F)cc2C1=O. The molecule has 6 nitrogen and oxygen atoms in total. The van der Waals surface area contributed by atoms with Gasteiger partial charge in [-0.25, -0.2) is 13.7 Å². The van der Waals surface area contributed by atoms with Crippen LogP contribution in [0.2, 0.25) is 0 Å². The highest BCUT2D eigenvalue weighted by molar-refractivity contribution is 6.34. The molecule has 0 saturated heterocycles. The van der Waals surface area contributed by atoms with E-state index >= 15 is 0 Å². The summed E-state index contributed by atoms with van der Waals surface area (Å²) >= 11 is 0. The summed E-state index contributed by atoms with van der Waals surface area (Å²) in [6, 6.07) is 3.08. The van der Waals surface area contributed by atoms with Crippen molar-refractivity contribution in [1.82, 2.24) is 10.2 Å². The Labute approximate surface area is 110 Å². The molecular formula is C12H4F2N4O2. The van der Waals surface area contributed by atoms with Crippen LogP contribution in [0.15, 0.2) is 18.3 Å². The maximum Gasteiger partial charge on any atom is 0.267 e. The van der Waals surface area contributed by atoms with Crippen LogP contribution in [0.5, 0.6) is 0 Å². The van der Waals surface area contributed by atoms with E-state index in [-0.39, 0.29) is 22.5 Å². The second-order valence-electron chi connectivity index (χ2n) is 4.00. The van der Waals surface area contributed by atoms with E-state index in [1.807, 2.05) is 0 Å². The Morgan fingerprint density at radius 3 is 2.20 bits per heavy atom. The van der Waals surface area contributed by atoms with Gasteiger partial charge in [0.15, 0.2) is 17.5 Å². The summed E-state index contributed by atoms with van der Waals surface area (Å²) in [5.74, 6) is -4.26. The highest BCUT2D eigenvalue weighted by Gasteiger charge is 2.39. The van der Waals surface area contributed by atoms with Crippen LogP contribution >= 0.6 is 0 Å². The van der Waals surface area contributed by atoms with Gasteiger partial charge in [0.1, 0.15) is 11.6 Å². The highest BCUT2D eigenvalue weighted by Crippen LogP contribution is 2.30. The zero-order valence-corrected chi connectivity index (χ0v) is 9.65. The lowest BCUT2D eigenvalue weighted by molar-refractivity contribution is 0.0924. The number of benzene rings is 1. The van der Waals surface area contributed by atoms with Crippen LogP contribution in [0, 0.1) is 23.0 Å². The third kappa shape index (κ3) is 1.43. The number of carbonyl (C=O) groups is 2. The quantitative estimate of drug-likeness (QED) is 0.795. The number of hydrogen-bond acceptors (Lipinski definition) is 4. The second kappa shape index (κ2) is 3.96. The number of nitriles is 1. The maximum atomic E-state index is 13.2. The molecule has 3 rings (SSSR count). The van der Waals surface area contributed by atoms with E-state index in [9.17, 15) is 18.4 Å². The molecule has 0 unspecified atom stereocenters. The fourth-order valence-electron chi connectivity index (χ4n) is 1.97. The van der Waals surface area contributed by atoms with Crippen LogP contribution in [0.25, 0.3) is 0 Å². The van der Waals surface area contributed by atoms with Crippen molar-refractivity contribution in [1.29, 1.82) is 5.26 Å². The number of nitrogens with zero attached hydrogens (tertiary/aromatic N) is 3. The van der Waals surface area contributed by atoms with Crippen LogP contribution in [-0.2, 0) is 0 Å². The average Bonchev–Trinajstić information content (AvgIpc) is 2.96. The van der Waals surface area contributed by atoms with Gasteiger partial charge in [0, 0.05) is 0 Å². The van der Waals surface area contributed by atoms with Crippen molar-refractivity contribution in [3.8, 4) is 6.07 Å². The molecule has 2 heterocycles. The molecule has 1 aromatic carbocycles. The van der Waals surface area contributed by atoms with Gasteiger partial charge in [0.2, 0.25) is 0 Å². The van der Waals surface area contributed by atoms with Gasteiger partial charge in [-0.3, -0.25) is 14.7 Å². The molecule has 0 saturated carbocycles. The second-order valence-corrected chi connectivity index (χ2v) is 4.00. The molecule has 2 amide bonds. The highest BCUT2D eigenvalue weighted by atomic mass is 19.2. The lowest BCUT2D eigenvalue weighted by Gasteiger charge is -2.10. The molecule has 1 aliphatic heterocycles. The summed E-state index contributed by atoms with van der Waals surface area (Å²) in [7, 11) is 0. The first kappa shape index (κ1) is 12.0. The van der Waals surface area contributed by atoms with Crippen molar-refractivity contribution < 1.29 is 18.4 Å². The van der Waals surface area contributed by atoms with Crippen LogP contribution in [0.4, 0.5) is 14.6 Å². The molecular weight excluding hydrogens is 270 g/mol. The number of amides is 2. The summed E-state index contributed by atoms with van der Waals surface area (Å²) in [6.45, 7) is 0. The smallest absolute Gasteiger partial charge is 0.267 e. The Balaban J connectivity index is 2.18. The van der Waals surface area contributed by atoms with Gasteiger partial charge in [-0.2, -0.15) is 10.4 Å². The van der Waals surface area contributed by atoms with Crippen molar-refractivity contribution >= 4 is 17.6 Å². The molecule has 0 aliphatic carbocycles. The Morgan fingerprint density at radius 1 is 1.15 bits per heavy atom. The van der Waals surface area contributed by atoms with Crippen LogP contribution in [0.3, 0.4) is 0 Å². The Hall–Kier alpha value is -3.08. The number of rotatable bonds is 1. The summed E-state index contributed by atoms with van der Waals surface area (Å²) in [5, 5.41) is 14.8. The van der Waals surface area contributed by atoms with Gasteiger partial charge in [0.05, 0.1) is 17.3 Å². The normalized spacial score (nSPS) is 13.6.